The first-order valence-electron chi connectivity index (χ1n) is 10.7. The fraction of sp³-hybridized carbons (Fsp3) is 0.522. The Bertz CT molecular complexity index is 1090. The molecule has 33 heavy (non-hydrogen) atoms. The smallest absolute Gasteiger partial charge is 0.396 e. The van der Waals surface area contributed by atoms with E-state index in [1.54, 1.807) is 24.8 Å². The molecule has 0 bridgehead atoms. The number of aliphatic hydroxyl groups excluding tert-OH is 1. The average Bonchev–Trinajstić information content (AvgIpc) is 3.33. The van der Waals surface area contributed by atoms with E-state index in [9.17, 15) is 23.1 Å². The van der Waals surface area contributed by atoms with Crippen LogP contribution in [0.25, 0.3) is 0 Å². The summed E-state index contributed by atoms with van der Waals surface area (Å²) in [5.74, 6) is 0.424. The SMILES string of the molecule is Cc1noc(C)c1CC(=O)N1CC2CN(c3ccc(C#N)c(C(F)(F)F)c3)CCC2(CO)C1. The lowest BCUT2D eigenvalue weighted by Crippen LogP contribution is -2.49. The number of carbonyl (C=O) groups excluding carboxylic acids is 1. The number of rotatable bonds is 4. The Labute approximate surface area is 189 Å². The number of aromatic nitrogens is 1. The summed E-state index contributed by atoms with van der Waals surface area (Å²) < 4.78 is 45.4. The minimum absolute atomic E-state index is 0.0871. The van der Waals surface area contributed by atoms with Crippen molar-refractivity contribution in [2.45, 2.75) is 32.9 Å². The quantitative estimate of drug-likeness (QED) is 0.751. The molecule has 2 aromatic rings. The van der Waals surface area contributed by atoms with Crippen molar-refractivity contribution in [2.75, 3.05) is 37.7 Å². The van der Waals surface area contributed by atoms with Crippen LogP contribution in [-0.2, 0) is 17.4 Å². The molecule has 0 radical (unpaired) electrons. The lowest BCUT2D eigenvalue weighted by molar-refractivity contribution is -0.137. The van der Waals surface area contributed by atoms with Crippen molar-refractivity contribution in [1.29, 1.82) is 5.26 Å². The van der Waals surface area contributed by atoms with E-state index >= 15 is 0 Å². The van der Waals surface area contributed by atoms with Crippen LogP contribution < -0.4 is 4.90 Å². The number of fused-ring (bicyclic) bond motifs is 1. The highest BCUT2D eigenvalue weighted by Gasteiger charge is 2.50. The Morgan fingerprint density at radius 1 is 1.36 bits per heavy atom. The second-order valence-electron chi connectivity index (χ2n) is 9.01. The second-order valence-corrected chi connectivity index (χ2v) is 9.01. The van der Waals surface area contributed by atoms with Crippen molar-refractivity contribution in [3.8, 4) is 6.07 Å². The number of amides is 1. The summed E-state index contributed by atoms with van der Waals surface area (Å²) in [7, 11) is 0. The molecule has 3 heterocycles. The van der Waals surface area contributed by atoms with Crippen LogP contribution in [0, 0.1) is 36.5 Å². The van der Waals surface area contributed by atoms with Crippen LogP contribution in [-0.4, -0.2) is 53.9 Å². The van der Waals surface area contributed by atoms with Gasteiger partial charge in [-0.15, -0.1) is 0 Å². The molecule has 0 spiro atoms. The molecule has 2 aliphatic heterocycles. The lowest BCUT2D eigenvalue weighted by Gasteiger charge is -2.43. The van der Waals surface area contributed by atoms with Gasteiger partial charge in [-0.2, -0.15) is 18.4 Å². The summed E-state index contributed by atoms with van der Waals surface area (Å²) in [5.41, 5.74) is -0.0410. The summed E-state index contributed by atoms with van der Waals surface area (Å²) in [5, 5.41) is 23.1. The summed E-state index contributed by atoms with van der Waals surface area (Å²) in [6.07, 6.45) is -3.92. The van der Waals surface area contributed by atoms with Gasteiger partial charge in [-0.1, -0.05) is 5.16 Å². The summed E-state index contributed by atoms with van der Waals surface area (Å²) in [6.45, 7) is 5.13. The van der Waals surface area contributed by atoms with E-state index in [-0.39, 0.29) is 24.9 Å². The lowest BCUT2D eigenvalue weighted by atomic mass is 9.73. The highest BCUT2D eigenvalue weighted by Crippen LogP contribution is 2.44. The standard InChI is InChI=1S/C23H25F3N4O3/c1-14-19(15(2)33-28-14)8-21(32)30-11-17-10-29(6-5-22(17,12-30)13-31)18-4-3-16(9-27)20(7-18)23(24,25)26/h3-4,7,17,31H,5-6,8,10-13H2,1-2H3. The number of benzene rings is 1. The molecule has 7 nitrogen and oxygen atoms in total. The average molecular weight is 462 g/mol. The van der Waals surface area contributed by atoms with E-state index < -0.39 is 22.7 Å². The van der Waals surface area contributed by atoms with Gasteiger partial charge in [0.05, 0.1) is 35.9 Å². The second kappa shape index (κ2) is 8.37. The Hall–Kier alpha value is -3.06. The first-order valence-corrected chi connectivity index (χ1v) is 10.7. The summed E-state index contributed by atoms with van der Waals surface area (Å²) >= 11 is 0. The van der Waals surface area contributed by atoms with Crippen molar-refractivity contribution in [1.82, 2.24) is 10.1 Å². The van der Waals surface area contributed by atoms with Gasteiger partial charge in [0, 0.05) is 48.8 Å². The number of hydrogen-bond acceptors (Lipinski definition) is 6. The van der Waals surface area contributed by atoms with Gasteiger partial charge in [-0.3, -0.25) is 4.79 Å². The number of piperidine rings is 1. The molecule has 0 aliphatic carbocycles. The van der Waals surface area contributed by atoms with Gasteiger partial charge in [0.2, 0.25) is 5.91 Å². The van der Waals surface area contributed by atoms with Crippen molar-refractivity contribution < 1.29 is 27.6 Å². The number of aryl methyl sites for hydroxylation is 2. The maximum Gasteiger partial charge on any atom is 0.417 e. The number of halogens is 3. The van der Waals surface area contributed by atoms with Gasteiger partial charge in [0.1, 0.15) is 5.76 Å². The van der Waals surface area contributed by atoms with E-state index in [2.05, 4.69) is 5.16 Å². The first kappa shape index (κ1) is 23.1. The van der Waals surface area contributed by atoms with E-state index in [1.807, 2.05) is 4.90 Å². The van der Waals surface area contributed by atoms with Crippen LogP contribution in [0.15, 0.2) is 22.7 Å². The fourth-order valence-electron chi connectivity index (χ4n) is 5.04. The van der Waals surface area contributed by atoms with Crippen molar-refractivity contribution in [3.63, 3.8) is 0 Å². The zero-order valence-electron chi connectivity index (χ0n) is 18.4. The maximum atomic E-state index is 13.4. The van der Waals surface area contributed by atoms with Gasteiger partial charge >= 0.3 is 6.18 Å². The highest BCUT2D eigenvalue weighted by atomic mass is 19.4. The molecule has 2 aliphatic rings. The monoisotopic (exact) mass is 462 g/mol. The molecule has 4 rings (SSSR count). The van der Waals surface area contributed by atoms with Crippen molar-refractivity contribution in [3.05, 3.63) is 46.3 Å². The topological polar surface area (TPSA) is 93.6 Å². The Kier molecular flexibility index (Phi) is 5.86. The Morgan fingerprint density at radius 2 is 2.12 bits per heavy atom. The largest absolute Gasteiger partial charge is 0.417 e. The molecule has 176 valence electrons. The third kappa shape index (κ3) is 4.17. The van der Waals surface area contributed by atoms with Crippen LogP contribution in [0.5, 0.6) is 0 Å². The molecule has 2 atom stereocenters. The molecule has 0 saturated carbocycles. The molecule has 2 unspecified atom stereocenters. The Morgan fingerprint density at radius 3 is 2.73 bits per heavy atom. The summed E-state index contributed by atoms with van der Waals surface area (Å²) in [6, 6.07) is 5.33. The normalized spacial score (nSPS) is 22.9. The molecule has 1 N–H and O–H groups in total. The van der Waals surface area contributed by atoms with Crippen LogP contribution in [0.4, 0.5) is 18.9 Å². The predicted molar refractivity (Wildman–Crippen MR) is 112 cm³/mol. The molecular weight excluding hydrogens is 437 g/mol. The van der Waals surface area contributed by atoms with Crippen molar-refractivity contribution in [2.24, 2.45) is 11.3 Å². The van der Waals surface area contributed by atoms with Crippen LogP contribution in [0.3, 0.4) is 0 Å². The molecule has 2 fully saturated rings. The van der Waals surface area contributed by atoms with E-state index in [1.165, 1.54) is 12.1 Å². The molecule has 1 amide bonds. The third-order valence-corrected chi connectivity index (χ3v) is 7.10. The molecule has 2 saturated heterocycles. The third-order valence-electron chi connectivity index (χ3n) is 7.10. The van der Waals surface area contributed by atoms with Crippen LogP contribution in [0.2, 0.25) is 0 Å². The number of carbonyl (C=O) groups is 1. The highest BCUT2D eigenvalue weighted by molar-refractivity contribution is 5.79. The number of likely N-dealkylation sites (tertiary alicyclic amines) is 1. The Balaban J connectivity index is 1.53. The maximum absolute atomic E-state index is 13.4. The van der Waals surface area contributed by atoms with E-state index in [0.717, 1.165) is 11.6 Å². The first-order chi connectivity index (χ1) is 15.6. The molecular formula is C23H25F3N4O3. The number of aliphatic hydroxyl groups is 1. The number of nitrogens with zero attached hydrogens (tertiary/aromatic N) is 4. The van der Waals surface area contributed by atoms with E-state index in [4.69, 9.17) is 9.78 Å². The molecule has 1 aromatic heterocycles. The van der Waals surface area contributed by atoms with Crippen molar-refractivity contribution >= 4 is 11.6 Å². The number of hydrogen-bond donors (Lipinski definition) is 1. The zero-order valence-corrected chi connectivity index (χ0v) is 18.4. The van der Waals surface area contributed by atoms with Gasteiger partial charge in [-0.05, 0) is 38.5 Å². The summed E-state index contributed by atoms with van der Waals surface area (Å²) in [4.78, 5) is 16.6. The number of nitriles is 1. The molecule has 1 aromatic carbocycles. The number of alkyl halides is 3. The zero-order chi connectivity index (χ0) is 24.0. The fourth-order valence-corrected chi connectivity index (χ4v) is 5.04. The van der Waals surface area contributed by atoms with Crippen LogP contribution in [0.1, 0.15) is 34.6 Å². The van der Waals surface area contributed by atoms with Gasteiger partial charge in [-0.25, -0.2) is 0 Å². The minimum Gasteiger partial charge on any atom is -0.396 e. The predicted octanol–water partition coefficient (Wildman–Crippen LogP) is 3.07. The minimum atomic E-state index is -4.62. The molecule has 10 heteroatoms. The van der Waals surface area contributed by atoms with E-state index in [0.29, 0.717) is 49.7 Å². The van der Waals surface area contributed by atoms with Gasteiger partial charge in [0.15, 0.2) is 0 Å². The van der Waals surface area contributed by atoms with Gasteiger partial charge in [0.25, 0.3) is 0 Å². The number of anilines is 1. The van der Waals surface area contributed by atoms with Crippen LogP contribution >= 0.6 is 0 Å². The van der Waals surface area contributed by atoms with Gasteiger partial charge < -0.3 is 19.4 Å².